The summed E-state index contributed by atoms with van der Waals surface area (Å²) in [4.78, 5) is 4.57. The van der Waals surface area contributed by atoms with Gasteiger partial charge in [-0.25, -0.2) is 0 Å². The average Bonchev–Trinajstić information content (AvgIpc) is 2.53. The molecule has 0 radical (unpaired) electrons. The molecule has 0 bridgehead atoms. The van der Waals surface area contributed by atoms with Gasteiger partial charge in [0.1, 0.15) is 0 Å². The number of rotatable bonds is 1. The van der Waals surface area contributed by atoms with E-state index in [1.54, 1.807) is 0 Å². The maximum absolute atomic E-state index is 10.4. The fourth-order valence-corrected chi connectivity index (χ4v) is 2.78. The first kappa shape index (κ1) is 16.2. The fourth-order valence-electron chi connectivity index (χ4n) is 2.78. The third-order valence-electron chi connectivity index (χ3n) is 4.39. The zero-order valence-electron chi connectivity index (χ0n) is 13.3. The molecule has 1 saturated heterocycles. The van der Waals surface area contributed by atoms with Gasteiger partial charge in [-0.05, 0) is 38.9 Å². The molecule has 1 N–H and O–H groups in total. The lowest BCUT2D eigenvalue weighted by atomic mass is 9.85. The molecule has 0 aromatic heterocycles. The normalized spacial score (nSPS) is 22.4. The quantitative estimate of drug-likeness (QED) is 0.804. The summed E-state index contributed by atoms with van der Waals surface area (Å²) in [6.07, 6.45) is 7.36. The number of likely N-dealkylation sites (N-methyl/N-ethyl adjacent to an activating group) is 1. The number of likely N-dealkylation sites (tertiary alicyclic amines) is 1. The van der Waals surface area contributed by atoms with E-state index in [0.717, 1.165) is 38.0 Å². The van der Waals surface area contributed by atoms with Gasteiger partial charge in [0, 0.05) is 26.2 Å². The fraction of sp³-hybridized carbons (Fsp3) is 0.556. The molecule has 0 amide bonds. The molecule has 0 unspecified atom stereocenters. The Kier molecular flexibility index (Phi) is 5.97. The highest BCUT2D eigenvalue weighted by atomic mass is 16.3. The Bertz CT molecular complexity index is 436. The first-order valence-corrected chi connectivity index (χ1v) is 7.90. The number of hydrogen-bond donors (Lipinski definition) is 1. The molecule has 2 aliphatic heterocycles. The average molecular weight is 288 g/mol. The van der Waals surface area contributed by atoms with Gasteiger partial charge >= 0.3 is 0 Å². The van der Waals surface area contributed by atoms with Crippen molar-refractivity contribution in [2.75, 3.05) is 40.3 Å². The third kappa shape index (κ3) is 4.95. The molecule has 0 atom stereocenters. The van der Waals surface area contributed by atoms with Crippen molar-refractivity contribution in [2.24, 2.45) is 0 Å². The van der Waals surface area contributed by atoms with Crippen molar-refractivity contribution >= 4 is 0 Å². The highest BCUT2D eigenvalue weighted by molar-refractivity contribution is 5.22. The van der Waals surface area contributed by atoms with Crippen LogP contribution in [-0.4, -0.2) is 55.2 Å². The molecule has 116 valence electrons. The molecule has 3 heteroatoms. The summed E-state index contributed by atoms with van der Waals surface area (Å²) in [5.74, 6) is 0. The van der Waals surface area contributed by atoms with Crippen molar-refractivity contribution in [1.82, 2.24) is 9.80 Å². The summed E-state index contributed by atoms with van der Waals surface area (Å²) in [5.41, 5.74) is 0.474. The Hall–Kier alpha value is -1.16. The summed E-state index contributed by atoms with van der Waals surface area (Å²) >= 11 is 0. The molecule has 0 spiro atoms. The topological polar surface area (TPSA) is 26.7 Å². The predicted molar refractivity (Wildman–Crippen MR) is 88.3 cm³/mol. The molecule has 21 heavy (non-hydrogen) atoms. The first-order valence-electron chi connectivity index (χ1n) is 7.90. The van der Waals surface area contributed by atoms with Crippen LogP contribution in [0.25, 0.3) is 0 Å². The van der Waals surface area contributed by atoms with Crippen molar-refractivity contribution in [3.8, 4) is 0 Å². The zero-order chi connectivity index (χ0) is 15.1. The zero-order valence-corrected chi connectivity index (χ0v) is 13.3. The number of aliphatic hydroxyl groups is 1. The van der Waals surface area contributed by atoms with E-state index >= 15 is 0 Å². The molecular weight excluding hydrogens is 260 g/mol. The highest BCUT2D eigenvalue weighted by Gasteiger charge is 2.32. The van der Waals surface area contributed by atoms with Gasteiger partial charge in [-0.1, -0.05) is 42.5 Å². The van der Waals surface area contributed by atoms with E-state index in [1.807, 2.05) is 30.3 Å². The maximum atomic E-state index is 10.4. The van der Waals surface area contributed by atoms with Crippen LogP contribution in [0.15, 0.2) is 42.5 Å². The largest absolute Gasteiger partial charge is 0.385 e. The number of hydrogen-bond acceptors (Lipinski definition) is 3. The van der Waals surface area contributed by atoms with Gasteiger partial charge in [-0.15, -0.1) is 0 Å². The summed E-state index contributed by atoms with van der Waals surface area (Å²) < 4.78 is 0. The molecule has 0 saturated carbocycles. The molecule has 0 aliphatic carbocycles. The number of nitrogens with zero attached hydrogens (tertiary/aromatic N) is 2. The summed E-state index contributed by atoms with van der Waals surface area (Å²) in [5, 5.41) is 10.4. The Morgan fingerprint density at radius 3 is 2.05 bits per heavy atom. The molecule has 2 aliphatic rings. The van der Waals surface area contributed by atoms with Crippen molar-refractivity contribution < 1.29 is 5.11 Å². The van der Waals surface area contributed by atoms with Crippen molar-refractivity contribution in [1.29, 1.82) is 0 Å². The number of benzene rings is 1. The van der Waals surface area contributed by atoms with E-state index in [2.05, 4.69) is 36.0 Å². The second-order valence-electron chi connectivity index (χ2n) is 6.22. The first-order chi connectivity index (χ1) is 10.1. The molecule has 3 rings (SSSR count). The second kappa shape index (κ2) is 7.74. The SMILES string of the molecule is CN1CC=CCC1.CN1CCC(O)(c2ccccc2)CC1. The van der Waals surface area contributed by atoms with Gasteiger partial charge in [0.2, 0.25) is 0 Å². The van der Waals surface area contributed by atoms with Gasteiger partial charge in [0.15, 0.2) is 0 Å². The predicted octanol–water partition coefficient (Wildman–Crippen LogP) is 2.48. The van der Waals surface area contributed by atoms with Crippen LogP contribution in [0.4, 0.5) is 0 Å². The van der Waals surface area contributed by atoms with Crippen LogP contribution in [0, 0.1) is 0 Å². The van der Waals surface area contributed by atoms with E-state index < -0.39 is 5.60 Å². The lowest BCUT2D eigenvalue weighted by molar-refractivity contribution is -0.0203. The van der Waals surface area contributed by atoms with Gasteiger partial charge in [-0.2, -0.15) is 0 Å². The number of piperidine rings is 1. The Morgan fingerprint density at radius 2 is 1.57 bits per heavy atom. The van der Waals surface area contributed by atoms with Crippen LogP contribution in [0.2, 0.25) is 0 Å². The Morgan fingerprint density at radius 1 is 0.905 bits per heavy atom. The maximum Gasteiger partial charge on any atom is 0.0920 e. The minimum Gasteiger partial charge on any atom is -0.385 e. The van der Waals surface area contributed by atoms with Crippen LogP contribution < -0.4 is 0 Å². The van der Waals surface area contributed by atoms with E-state index in [0.29, 0.717) is 0 Å². The molecular formula is C18H28N2O. The van der Waals surface area contributed by atoms with Crippen LogP contribution in [0.5, 0.6) is 0 Å². The van der Waals surface area contributed by atoms with Gasteiger partial charge in [-0.3, -0.25) is 0 Å². The van der Waals surface area contributed by atoms with Crippen LogP contribution in [-0.2, 0) is 5.60 Å². The summed E-state index contributed by atoms with van der Waals surface area (Å²) in [6.45, 7) is 4.33. The Labute approximate surface area is 128 Å². The lowest BCUT2D eigenvalue weighted by Crippen LogP contribution is -2.40. The second-order valence-corrected chi connectivity index (χ2v) is 6.22. The van der Waals surface area contributed by atoms with E-state index in [4.69, 9.17) is 0 Å². The van der Waals surface area contributed by atoms with Gasteiger partial charge in [0.25, 0.3) is 0 Å². The third-order valence-corrected chi connectivity index (χ3v) is 4.39. The van der Waals surface area contributed by atoms with Crippen molar-refractivity contribution in [2.45, 2.75) is 24.9 Å². The van der Waals surface area contributed by atoms with Crippen molar-refractivity contribution in [3.63, 3.8) is 0 Å². The van der Waals surface area contributed by atoms with Crippen LogP contribution in [0.3, 0.4) is 0 Å². The van der Waals surface area contributed by atoms with Crippen molar-refractivity contribution in [3.05, 3.63) is 48.0 Å². The standard InChI is InChI=1S/C12H17NO.C6H11N/c1-13-9-7-12(14,8-10-13)11-5-3-2-4-6-11;1-7-5-3-2-4-6-7/h2-6,14H,7-10H2,1H3;2-3H,4-6H2,1H3. The smallest absolute Gasteiger partial charge is 0.0920 e. The van der Waals surface area contributed by atoms with Gasteiger partial charge in [0.05, 0.1) is 5.60 Å². The van der Waals surface area contributed by atoms with Crippen LogP contribution in [0.1, 0.15) is 24.8 Å². The van der Waals surface area contributed by atoms with Crippen LogP contribution >= 0.6 is 0 Å². The van der Waals surface area contributed by atoms with Gasteiger partial charge < -0.3 is 14.9 Å². The summed E-state index contributed by atoms with van der Waals surface area (Å²) in [7, 11) is 4.24. The molecule has 1 fully saturated rings. The lowest BCUT2D eigenvalue weighted by Gasteiger charge is -2.36. The molecule has 3 nitrogen and oxygen atoms in total. The Balaban J connectivity index is 0.000000194. The minimum absolute atomic E-state index is 0.590. The molecule has 1 aromatic carbocycles. The van der Waals surface area contributed by atoms with E-state index in [9.17, 15) is 5.11 Å². The monoisotopic (exact) mass is 288 g/mol. The molecule has 1 aromatic rings. The van der Waals surface area contributed by atoms with E-state index in [-0.39, 0.29) is 0 Å². The van der Waals surface area contributed by atoms with E-state index in [1.165, 1.54) is 13.0 Å². The minimum atomic E-state index is -0.590. The molecule has 2 heterocycles. The highest BCUT2D eigenvalue weighted by Crippen LogP contribution is 2.31. The summed E-state index contributed by atoms with van der Waals surface area (Å²) in [6, 6.07) is 10.0.